The SMILES string of the molecule is Cc1nn(C)c(C)c1/C=C1/SCCN1C(=O)c1cccc(F)c1. The van der Waals surface area contributed by atoms with Crippen LogP contribution in [0.15, 0.2) is 29.3 Å². The van der Waals surface area contributed by atoms with Gasteiger partial charge in [-0.3, -0.25) is 9.48 Å². The van der Waals surface area contributed by atoms with Gasteiger partial charge in [0.15, 0.2) is 0 Å². The summed E-state index contributed by atoms with van der Waals surface area (Å²) in [5, 5.41) is 5.29. The molecule has 6 heteroatoms. The van der Waals surface area contributed by atoms with E-state index in [0.717, 1.165) is 27.7 Å². The predicted octanol–water partition coefficient (Wildman–Crippen LogP) is 3.36. The van der Waals surface area contributed by atoms with Gasteiger partial charge in [0, 0.05) is 36.2 Å². The third-order valence-electron chi connectivity index (χ3n) is 3.98. The van der Waals surface area contributed by atoms with Crippen molar-refractivity contribution in [1.29, 1.82) is 0 Å². The van der Waals surface area contributed by atoms with Crippen molar-refractivity contribution in [2.75, 3.05) is 12.3 Å². The molecule has 2 aromatic rings. The molecule has 0 spiro atoms. The molecule has 1 saturated heterocycles. The minimum atomic E-state index is -0.396. The second-order valence-corrected chi connectivity index (χ2v) is 6.62. The highest BCUT2D eigenvalue weighted by molar-refractivity contribution is 8.03. The van der Waals surface area contributed by atoms with Crippen LogP contribution in [0.5, 0.6) is 0 Å². The van der Waals surface area contributed by atoms with Crippen LogP contribution in [0, 0.1) is 19.7 Å². The lowest BCUT2D eigenvalue weighted by Crippen LogP contribution is -2.26. The number of halogens is 1. The average molecular weight is 331 g/mol. The number of aromatic nitrogens is 2. The molecule has 0 bridgehead atoms. The van der Waals surface area contributed by atoms with E-state index in [2.05, 4.69) is 5.10 Å². The molecule has 4 nitrogen and oxygen atoms in total. The topological polar surface area (TPSA) is 38.1 Å². The number of carbonyl (C=O) groups is 1. The summed E-state index contributed by atoms with van der Waals surface area (Å²) in [6.45, 7) is 4.59. The molecular formula is C17H18FN3OS. The second kappa shape index (κ2) is 6.20. The van der Waals surface area contributed by atoms with Crippen molar-refractivity contribution < 1.29 is 9.18 Å². The molecule has 2 heterocycles. The lowest BCUT2D eigenvalue weighted by Gasteiger charge is -2.17. The Hall–Kier alpha value is -2.08. The first kappa shape index (κ1) is 15.8. The van der Waals surface area contributed by atoms with E-state index >= 15 is 0 Å². The molecule has 23 heavy (non-hydrogen) atoms. The Bertz CT molecular complexity index is 797. The zero-order valence-corrected chi connectivity index (χ0v) is 14.2. The van der Waals surface area contributed by atoms with Gasteiger partial charge < -0.3 is 4.90 Å². The quantitative estimate of drug-likeness (QED) is 0.847. The molecule has 1 aliphatic heterocycles. The van der Waals surface area contributed by atoms with E-state index < -0.39 is 5.82 Å². The highest BCUT2D eigenvalue weighted by atomic mass is 32.2. The maximum atomic E-state index is 13.4. The van der Waals surface area contributed by atoms with Gasteiger partial charge in [-0.1, -0.05) is 6.07 Å². The van der Waals surface area contributed by atoms with Gasteiger partial charge in [-0.15, -0.1) is 11.8 Å². The first-order valence-corrected chi connectivity index (χ1v) is 8.38. The van der Waals surface area contributed by atoms with E-state index in [1.807, 2.05) is 31.7 Å². The van der Waals surface area contributed by atoms with Crippen LogP contribution in [0.4, 0.5) is 4.39 Å². The highest BCUT2D eigenvalue weighted by Crippen LogP contribution is 2.32. The minimum Gasteiger partial charge on any atom is -0.302 e. The van der Waals surface area contributed by atoms with Crippen LogP contribution in [0.2, 0.25) is 0 Å². The van der Waals surface area contributed by atoms with Gasteiger partial charge in [-0.25, -0.2) is 4.39 Å². The maximum Gasteiger partial charge on any atom is 0.258 e. The minimum absolute atomic E-state index is 0.167. The summed E-state index contributed by atoms with van der Waals surface area (Å²) in [7, 11) is 1.90. The molecule has 1 aliphatic rings. The van der Waals surface area contributed by atoms with Crippen LogP contribution in [0.1, 0.15) is 27.3 Å². The Labute approximate surface area is 139 Å². The summed E-state index contributed by atoms with van der Waals surface area (Å²) < 4.78 is 15.2. The number of nitrogens with zero attached hydrogens (tertiary/aromatic N) is 3. The third kappa shape index (κ3) is 3.03. The smallest absolute Gasteiger partial charge is 0.258 e. The molecule has 0 N–H and O–H groups in total. The van der Waals surface area contributed by atoms with Crippen molar-refractivity contribution in [3.05, 3.63) is 57.6 Å². The van der Waals surface area contributed by atoms with Crippen LogP contribution in [0.25, 0.3) is 6.08 Å². The van der Waals surface area contributed by atoms with E-state index in [1.54, 1.807) is 28.8 Å². The molecule has 1 aromatic heterocycles. The number of benzene rings is 1. The summed E-state index contributed by atoms with van der Waals surface area (Å²) in [6, 6.07) is 5.83. The number of hydrogen-bond acceptors (Lipinski definition) is 3. The summed E-state index contributed by atoms with van der Waals surface area (Å²) in [5.74, 6) is 0.276. The van der Waals surface area contributed by atoms with E-state index in [9.17, 15) is 9.18 Å². The molecule has 0 unspecified atom stereocenters. The third-order valence-corrected chi connectivity index (χ3v) is 5.00. The monoisotopic (exact) mass is 331 g/mol. The van der Waals surface area contributed by atoms with Crippen LogP contribution < -0.4 is 0 Å². The van der Waals surface area contributed by atoms with Crippen molar-refractivity contribution >= 4 is 23.7 Å². The highest BCUT2D eigenvalue weighted by Gasteiger charge is 2.26. The van der Waals surface area contributed by atoms with Crippen molar-refractivity contribution in [3.8, 4) is 0 Å². The van der Waals surface area contributed by atoms with Crippen LogP contribution in [-0.2, 0) is 7.05 Å². The normalized spacial score (nSPS) is 16.3. The number of rotatable bonds is 2. The van der Waals surface area contributed by atoms with Gasteiger partial charge in [-0.2, -0.15) is 5.10 Å². The first-order valence-electron chi connectivity index (χ1n) is 7.39. The molecule has 3 rings (SSSR count). The number of carbonyl (C=O) groups excluding carboxylic acids is 1. The number of aryl methyl sites for hydroxylation is 2. The first-order chi connectivity index (χ1) is 11.0. The summed E-state index contributed by atoms with van der Waals surface area (Å²) >= 11 is 1.63. The van der Waals surface area contributed by atoms with Crippen LogP contribution in [0.3, 0.4) is 0 Å². The Morgan fingerprint density at radius 3 is 2.83 bits per heavy atom. The molecule has 0 atom stereocenters. The molecule has 0 saturated carbocycles. The van der Waals surface area contributed by atoms with Crippen LogP contribution in [-0.4, -0.2) is 32.9 Å². The molecule has 1 fully saturated rings. The summed E-state index contributed by atoms with van der Waals surface area (Å²) in [5.41, 5.74) is 3.40. The Morgan fingerprint density at radius 2 is 2.17 bits per heavy atom. The standard InChI is InChI=1S/C17H18FN3OS/c1-11-15(12(2)20(3)19-11)10-16-21(7-8-23-16)17(22)13-5-4-6-14(18)9-13/h4-6,9-10H,7-8H2,1-3H3/b16-10+. The molecule has 1 amide bonds. The largest absolute Gasteiger partial charge is 0.302 e. The molecule has 1 aromatic carbocycles. The zero-order chi connectivity index (χ0) is 16.6. The van der Waals surface area contributed by atoms with Crippen molar-refractivity contribution in [1.82, 2.24) is 14.7 Å². The van der Waals surface area contributed by atoms with Gasteiger partial charge in [0.2, 0.25) is 0 Å². The number of thioether (sulfide) groups is 1. The number of amides is 1. The lowest BCUT2D eigenvalue weighted by atomic mass is 10.1. The molecular weight excluding hydrogens is 313 g/mol. The van der Waals surface area contributed by atoms with Gasteiger partial charge >= 0.3 is 0 Å². The van der Waals surface area contributed by atoms with Gasteiger partial charge in [0.1, 0.15) is 5.82 Å². The molecule has 0 radical (unpaired) electrons. The van der Waals surface area contributed by atoms with Gasteiger partial charge in [0.05, 0.1) is 10.7 Å². The fraction of sp³-hybridized carbons (Fsp3) is 0.294. The van der Waals surface area contributed by atoms with E-state index in [0.29, 0.717) is 12.1 Å². The van der Waals surface area contributed by atoms with E-state index in [1.165, 1.54) is 12.1 Å². The molecule has 0 aliphatic carbocycles. The summed E-state index contributed by atoms with van der Waals surface area (Å²) in [4.78, 5) is 14.4. The molecule has 120 valence electrons. The van der Waals surface area contributed by atoms with E-state index in [4.69, 9.17) is 0 Å². The van der Waals surface area contributed by atoms with Crippen molar-refractivity contribution in [3.63, 3.8) is 0 Å². The van der Waals surface area contributed by atoms with Gasteiger partial charge in [-0.05, 0) is 38.1 Å². The average Bonchev–Trinajstić information content (AvgIpc) is 3.07. The second-order valence-electron chi connectivity index (χ2n) is 5.51. The fourth-order valence-electron chi connectivity index (χ4n) is 2.65. The maximum absolute atomic E-state index is 13.4. The lowest BCUT2D eigenvalue weighted by molar-refractivity contribution is 0.0830. The summed E-state index contributed by atoms with van der Waals surface area (Å²) in [6.07, 6.45) is 2.01. The van der Waals surface area contributed by atoms with Crippen molar-refractivity contribution in [2.45, 2.75) is 13.8 Å². The van der Waals surface area contributed by atoms with E-state index in [-0.39, 0.29) is 5.91 Å². The van der Waals surface area contributed by atoms with Crippen LogP contribution >= 0.6 is 11.8 Å². The number of hydrogen-bond donors (Lipinski definition) is 0. The Balaban J connectivity index is 1.94. The predicted molar refractivity (Wildman–Crippen MR) is 90.6 cm³/mol. The zero-order valence-electron chi connectivity index (χ0n) is 13.3. The van der Waals surface area contributed by atoms with Gasteiger partial charge in [0.25, 0.3) is 5.91 Å². The Kier molecular flexibility index (Phi) is 4.26. The Morgan fingerprint density at radius 1 is 1.39 bits per heavy atom. The van der Waals surface area contributed by atoms with Crippen molar-refractivity contribution in [2.24, 2.45) is 7.05 Å². The fourth-order valence-corrected chi connectivity index (χ4v) is 3.66.